The zero-order chi connectivity index (χ0) is 13.8. The average molecular weight is 283 g/mol. The van der Waals surface area contributed by atoms with E-state index in [0.29, 0.717) is 16.4 Å². The van der Waals surface area contributed by atoms with Gasteiger partial charge in [-0.3, -0.25) is 9.69 Å². The fraction of sp³-hybridized carbons (Fsp3) is 0.538. The number of pyridine rings is 1. The Kier molecular flexibility index (Phi) is 4.61. The summed E-state index contributed by atoms with van der Waals surface area (Å²) in [6.07, 6.45) is 2.57. The lowest BCUT2D eigenvalue weighted by Gasteiger charge is -2.34. The smallest absolute Gasteiger partial charge is 0.256 e. The van der Waals surface area contributed by atoms with Crippen LogP contribution >= 0.6 is 11.6 Å². The molecule has 0 aromatic carbocycles. The van der Waals surface area contributed by atoms with Crippen LogP contribution in [0.25, 0.3) is 0 Å². The minimum atomic E-state index is -0.0575. The van der Waals surface area contributed by atoms with Crippen molar-refractivity contribution in [3.05, 3.63) is 23.0 Å². The summed E-state index contributed by atoms with van der Waals surface area (Å²) in [5.74, 6) is -0.0575. The quantitative estimate of drug-likeness (QED) is 0.853. The van der Waals surface area contributed by atoms with Gasteiger partial charge >= 0.3 is 0 Å². The van der Waals surface area contributed by atoms with Gasteiger partial charge in [0.15, 0.2) is 0 Å². The van der Waals surface area contributed by atoms with Gasteiger partial charge in [-0.15, -0.1) is 0 Å². The summed E-state index contributed by atoms with van der Waals surface area (Å²) in [4.78, 5) is 20.4. The molecule has 2 rings (SSSR count). The number of hydrogen-bond donors (Lipinski definition) is 1. The van der Waals surface area contributed by atoms with E-state index < -0.39 is 0 Å². The maximum atomic E-state index is 12.4. The largest absolute Gasteiger partial charge is 0.397 e. The third-order valence-electron chi connectivity index (χ3n) is 3.33. The van der Waals surface area contributed by atoms with Gasteiger partial charge in [0, 0.05) is 26.2 Å². The minimum absolute atomic E-state index is 0.0575. The average Bonchev–Trinajstić information content (AvgIpc) is 2.42. The molecule has 1 aromatic heterocycles. The zero-order valence-corrected chi connectivity index (χ0v) is 11.9. The monoisotopic (exact) mass is 282 g/mol. The summed E-state index contributed by atoms with van der Waals surface area (Å²) in [5, 5.41) is 0.294. The Balaban J connectivity index is 2.03. The van der Waals surface area contributed by atoms with Crippen LogP contribution in [0, 0.1) is 0 Å². The van der Waals surface area contributed by atoms with Crippen molar-refractivity contribution in [1.82, 2.24) is 14.8 Å². The molecule has 1 fully saturated rings. The van der Waals surface area contributed by atoms with E-state index in [4.69, 9.17) is 17.3 Å². The zero-order valence-electron chi connectivity index (χ0n) is 11.1. The van der Waals surface area contributed by atoms with Gasteiger partial charge in [0.25, 0.3) is 5.91 Å². The Labute approximate surface area is 118 Å². The number of amides is 1. The van der Waals surface area contributed by atoms with Crippen molar-refractivity contribution in [3.8, 4) is 0 Å². The van der Waals surface area contributed by atoms with Gasteiger partial charge in [0.2, 0.25) is 0 Å². The van der Waals surface area contributed by atoms with Crippen LogP contribution in [0.2, 0.25) is 5.15 Å². The first kappa shape index (κ1) is 14.1. The molecule has 1 aromatic rings. The van der Waals surface area contributed by atoms with Crippen LogP contribution in [-0.4, -0.2) is 53.4 Å². The molecule has 0 bridgehead atoms. The molecule has 0 saturated carbocycles. The molecule has 2 N–H and O–H groups in total. The summed E-state index contributed by atoms with van der Waals surface area (Å²) in [6, 6.07) is 1.54. The van der Waals surface area contributed by atoms with Crippen molar-refractivity contribution in [2.45, 2.75) is 13.3 Å². The van der Waals surface area contributed by atoms with E-state index in [9.17, 15) is 4.79 Å². The van der Waals surface area contributed by atoms with Crippen molar-refractivity contribution in [1.29, 1.82) is 0 Å². The van der Waals surface area contributed by atoms with Crippen LogP contribution in [-0.2, 0) is 0 Å². The summed E-state index contributed by atoms with van der Waals surface area (Å²) < 4.78 is 0. The number of rotatable bonds is 3. The molecule has 6 heteroatoms. The van der Waals surface area contributed by atoms with E-state index in [-0.39, 0.29) is 5.91 Å². The van der Waals surface area contributed by atoms with E-state index in [1.54, 1.807) is 0 Å². The number of nitrogens with two attached hydrogens (primary N) is 1. The SMILES string of the molecule is CCCN1CCN(C(=O)c2cc(Cl)ncc2N)CC1. The molecule has 1 amide bonds. The lowest BCUT2D eigenvalue weighted by Crippen LogP contribution is -2.48. The Morgan fingerprint density at radius 2 is 2.11 bits per heavy atom. The number of anilines is 1. The predicted octanol–water partition coefficient (Wildman–Crippen LogP) is 1.48. The number of nitrogen functional groups attached to an aromatic ring is 1. The Morgan fingerprint density at radius 1 is 1.42 bits per heavy atom. The molecule has 5 nitrogen and oxygen atoms in total. The summed E-state index contributed by atoms with van der Waals surface area (Å²) >= 11 is 5.82. The number of halogens is 1. The van der Waals surface area contributed by atoms with Gasteiger partial charge in [-0.05, 0) is 19.0 Å². The van der Waals surface area contributed by atoms with Gasteiger partial charge in [0.1, 0.15) is 5.15 Å². The topological polar surface area (TPSA) is 62.5 Å². The van der Waals surface area contributed by atoms with Gasteiger partial charge in [-0.1, -0.05) is 18.5 Å². The molecule has 1 aliphatic heterocycles. The lowest BCUT2D eigenvalue weighted by atomic mass is 10.2. The summed E-state index contributed by atoms with van der Waals surface area (Å²) in [5.41, 5.74) is 6.62. The molecule has 0 radical (unpaired) electrons. The van der Waals surface area contributed by atoms with E-state index in [1.165, 1.54) is 12.3 Å². The van der Waals surface area contributed by atoms with Crippen LogP contribution in [0.1, 0.15) is 23.7 Å². The van der Waals surface area contributed by atoms with E-state index in [1.807, 2.05) is 4.90 Å². The lowest BCUT2D eigenvalue weighted by molar-refractivity contribution is 0.0638. The first-order valence-corrected chi connectivity index (χ1v) is 6.92. The molecule has 0 spiro atoms. The van der Waals surface area contributed by atoms with Gasteiger partial charge in [-0.25, -0.2) is 4.98 Å². The van der Waals surface area contributed by atoms with Crippen LogP contribution < -0.4 is 5.73 Å². The maximum Gasteiger partial charge on any atom is 0.256 e. The van der Waals surface area contributed by atoms with Crippen LogP contribution in [0.5, 0.6) is 0 Å². The molecular weight excluding hydrogens is 264 g/mol. The summed E-state index contributed by atoms with van der Waals surface area (Å²) in [7, 11) is 0. The number of hydrogen-bond acceptors (Lipinski definition) is 4. The molecule has 1 aliphatic rings. The number of carbonyl (C=O) groups is 1. The Morgan fingerprint density at radius 3 is 2.74 bits per heavy atom. The first-order valence-electron chi connectivity index (χ1n) is 6.54. The molecule has 1 saturated heterocycles. The van der Waals surface area contributed by atoms with Crippen molar-refractivity contribution >= 4 is 23.2 Å². The van der Waals surface area contributed by atoms with Gasteiger partial charge in [-0.2, -0.15) is 0 Å². The summed E-state index contributed by atoms with van der Waals surface area (Å²) in [6.45, 7) is 6.55. The van der Waals surface area contributed by atoms with Gasteiger partial charge in [0.05, 0.1) is 17.4 Å². The van der Waals surface area contributed by atoms with E-state index in [0.717, 1.165) is 39.1 Å². The standard InChI is InChI=1S/C13H19ClN4O/c1-2-3-17-4-6-18(7-5-17)13(19)10-8-12(14)16-9-11(10)15/h8-9H,2-7,15H2,1H3. The van der Waals surface area contributed by atoms with Crippen LogP contribution in [0.4, 0.5) is 5.69 Å². The Bertz CT molecular complexity index is 458. The molecule has 104 valence electrons. The number of aromatic nitrogens is 1. The second-order valence-corrected chi connectivity index (χ2v) is 5.12. The molecule has 19 heavy (non-hydrogen) atoms. The predicted molar refractivity (Wildman–Crippen MR) is 76.3 cm³/mol. The Hall–Kier alpha value is -1.33. The van der Waals surface area contributed by atoms with Crippen molar-refractivity contribution in [2.24, 2.45) is 0 Å². The van der Waals surface area contributed by atoms with E-state index >= 15 is 0 Å². The van der Waals surface area contributed by atoms with Crippen molar-refractivity contribution < 1.29 is 4.79 Å². The van der Waals surface area contributed by atoms with Gasteiger partial charge < -0.3 is 10.6 Å². The van der Waals surface area contributed by atoms with Crippen LogP contribution in [0.15, 0.2) is 12.3 Å². The highest BCUT2D eigenvalue weighted by atomic mass is 35.5. The molecule has 0 unspecified atom stereocenters. The highest BCUT2D eigenvalue weighted by Crippen LogP contribution is 2.18. The highest BCUT2D eigenvalue weighted by Gasteiger charge is 2.23. The molecular formula is C13H19ClN4O. The molecule has 0 aliphatic carbocycles. The number of carbonyl (C=O) groups excluding carboxylic acids is 1. The highest BCUT2D eigenvalue weighted by molar-refractivity contribution is 6.29. The fourth-order valence-electron chi connectivity index (χ4n) is 2.29. The van der Waals surface area contributed by atoms with E-state index in [2.05, 4.69) is 16.8 Å². The third-order valence-corrected chi connectivity index (χ3v) is 3.54. The first-order chi connectivity index (χ1) is 9.11. The van der Waals surface area contributed by atoms with Crippen molar-refractivity contribution in [2.75, 3.05) is 38.5 Å². The second kappa shape index (κ2) is 6.21. The molecule has 2 heterocycles. The van der Waals surface area contributed by atoms with Crippen LogP contribution in [0.3, 0.4) is 0 Å². The number of piperazine rings is 1. The fourth-order valence-corrected chi connectivity index (χ4v) is 2.44. The van der Waals surface area contributed by atoms with Crippen molar-refractivity contribution in [3.63, 3.8) is 0 Å². The minimum Gasteiger partial charge on any atom is -0.397 e. The second-order valence-electron chi connectivity index (χ2n) is 4.73. The normalized spacial score (nSPS) is 16.6. The molecule has 0 atom stereocenters. The maximum absolute atomic E-state index is 12.4. The number of nitrogens with zero attached hydrogens (tertiary/aromatic N) is 3. The third kappa shape index (κ3) is 3.36.